The summed E-state index contributed by atoms with van der Waals surface area (Å²) < 4.78 is 4.75. The molecule has 0 aliphatic rings. The van der Waals surface area contributed by atoms with Gasteiger partial charge in [0.25, 0.3) is 0 Å². The third kappa shape index (κ3) is 5.53. The van der Waals surface area contributed by atoms with Crippen LogP contribution in [-0.2, 0) is 14.4 Å². The van der Waals surface area contributed by atoms with Gasteiger partial charge in [0.05, 0.1) is 0 Å². The van der Waals surface area contributed by atoms with Crippen molar-refractivity contribution in [1.29, 1.82) is 0 Å². The molecule has 4 heteroatoms. The number of hydrogen-bond acceptors (Lipinski definition) is 3. The highest BCUT2D eigenvalue weighted by Crippen LogP contribution is 2.06. The van der Waals surface area contributed by atoms with Gasteiger partial charge in [-0.15, -0.1) is 0 Å². The zero-order valence-electron chi connectivity index (χ0n) is 6.38. The van der Waals surface area contributed by atoms with Crippen LogP contribution in [-0.4, -0.2) is 18.2 Å². The summed E-state index contributed by atoms with van der Waals surface area (Å²) in [6.07, 6.45) is 0. The topological polar surface area (TPSA) is 57.8 Å². The molecule has 58 valence electrons. The molecule has 0 bridgehead atoms. The van der Waals surface area contributed by atoms with Gasteiger partial charge in [0, 0.05) is 5.90 Å². The molecule has 0 fully saturated rings. The molecule has 4 nitrogen and oxygen atoms in total. The second-order valence-corrected chi connectivity index (χ2v) is 2.86. The lowest BCUT2D eigenvalue weighted by Crippen LogP contribution is -2.26. The van der Waals surface area contributed by atoms with Gasteiger partial charge in [0.1, 0.15) is 5.60 Å². The van der Waals surface area contributed by atoms with Crippen molar-refractivity contribution in [3.05, 3.63) is 0 Å². The third-order valence-electron chi connectivity index (χ3n) is 0.602. The van der Waals surface area contributed by atoms with E-state index < -0.39 is 18.2 Å². The maximum absolute atomic E-state index is 10.6. The number of carbonyl (C=O) groups is 1. The molecule has 0 unspecified atom stereocenters. The van der Waals surface area contributed by atoms with Crippen LogP contribution in [0.3, 0.4) is 0 Å². The van der Waals surface area contributed by atoms with Crippen LogP contribution in [0, 0.1) is 0 Å². The second kappa shape index (κ2) is 3.53. The van der Waals surface area contributed by atoms with E-state index in [1.165, 1.54) is 0 Å². The Kier molecular flexibility index (Phi) is 3.32. The summed E-state index contributed by atoms with van der Waals surface area (Å²) in [5.41, 5.74) is -0.518. The fraction of sp³-hybridized carbons (Fsp3) is 0.833. The fourth-order valence-corrected chi connectivity index (χ4v) is 0.424. The summed E-state index contributed by atoms with van der Waals surface area (Å²) in [6, 6.07) is 0. The number of rotatable bonds is 2. The summed E-state index contributed by atoms with van der Waals surface area (Å²) in [5.74, 6) is 7.26. The van der Waals surface area contributed by atoms with Crippen LogP contribution >= 0.6 is 0 Å². The lowest BCUT2D eigenvalue weighted by atomic mass is 10.2. The van der Waals surface area contributed by atoms with E-state index in [0.717, 1.165) is 0 Å². The molecule has 0 rings (SSSR count). The Balaban J connectivity index is 3.58. The van der Waals surface area contributed by atoms with E-state index in [2.05, 4.69) is 4.84 Å². The second-order valence-electron chi connectivity index (χ2n) is 2.86. The number of hydrogen-bond donors (Lipinski definition) is 0. The van der Waals surface area contributed by atoms with Crippen molar-refractivity contribution in [2.24, 2.45) is 0 Å². The quantitative estimate of drug-likeness (QED) is 0.415. The van der Waals surface area contributed by atoms with Crippen LogP contribution in [0.4, 0.5) is 0 Å². The van der Waals surface area contributed by atoms with Crippen molar-refractivity contribution in [1.82, 2.24) is 5.90 Å². The van der Waals surface area contributed by atoms with Gasteiger partial charge in [0.15, 0.2) is 6.61 Å². The Morgan fingerprint density at radius 2 is 2.00 bits per heavy atom. The SMILES string of the molecule is CC(C)(C)OC(=O)CO[N]. The van der Waals surface area contributed by atoms with Crippen LogP contribution in [0.1, 0.15) is 20.8 Å². The molecule has 0 aliphatic carbocycles. The molecule has 0 heterocycles. The minimum atomic E-state index is -0.574. The van der Waals surface area contributed by atoms with Gasteiger partial charge in [-0.2, -0.15) is 0 Å². The van der Waals surface area contributed by atoms with Gasteiger partial charge in [-0.05, 0) is 20.8 Å². The van der Waals surface area contributed by atoms with E-state index in [9.17, 15) is 4.79 Å². The summed E-state index contributed by atoms with van der Waals surface area (Å²) in [6.45, 7) is 4.80. The largest absolute Gasteiger partial charge is 0.458 e. The zero-order valence-corrected chi connectivity index (χ0v) is 6.38. The first kappa shape index (κ1) is 9.39. The predicted octanol–water partition coefficient (Wildman–Crippen LogP) is 0.328. The standard InChI is InChI=1S/C6H11NO3/c1-6(2,3)10-5(8)4-9-7/h4H2,1-3H3. The lowest BCUT2D eigenvalue weighted by molar-refractivity contribution is -0.160. The van der Waals surface area contributed by atoms with Gasteiger partial charge in [-0.25, -0.2) is 4.79 Å². The lowest BCUT2D eigenvalue weighted by Gasteiger charge is -2.18. The summed E-state index contributed by atoms with van der Waals surface area (Å²) in [7, 11) is 0. The van der Waals surface area contributed by atoms with Gasteiger partial charge in [-0.3, -0.25) is 4.84 Å². The average molecular weight is 145 g/mol. The van der Waals surface area contributed by atoms with E-state index in [0.29, 0.717) is 0 Å². The molecule has 0 aliphatic heterocycles. The average Bonchev–Trinajstić information content (AvgIpc) is 1.59. The third-order valence-corrected chi connectivity index (χ3v) is 0.602. The highest BCUT2D eigenvalue weighted by atomic mass is 16.6. The maximum Gasteiger partial charge on any atom is 0.334 e. The zero-order chi connectivity index (χ0) is 8.20. The van der Waals surface area contributed by atoms with E-state index in [4.69, 9.17) is 10.6 Å². The summed E-state index contributed by atoms with van der Waals surface area (Å²) in [5, 5.41) is 0. The molecule has 10 heavy (non-hydrogen) atoms. The van der Waals surface area contributed by atoms with Gasteiger partial charge >= 0.3 is 5.97 Å². The summed E-state index contributed by atoms with van der Waals surface area (Å²) in [4.78, 5) is 14.1. The highest BCUT2D eigenvalue weighted by Gasteiger charge is 2.15. The van der Waals surface area contributed by atoms with E-state index in [1.807, 2.05) is 0 Å². The van der Waals surface area contributed by atoms with Gasteiger partial charge in [-0.1, -0.05) is 0 Å². The van der Waals surface area contributed by atoms with Crippen molar-refractivity contribution >= 4 is 5.97 Å². The normalized spacial score (nSPS) is 11.2. The maximum atomic E-state index is 10.6. The molecular formula is C6H11NO3. The Morgan fingerprint density at radius 3 is 2.30 bits per heavy atom. The molecule has 2 radical (unpaired) electrons. The Bertz CT molecular complexity index is 117. The minimum Gasteiger partial charge on any atom is -0.458 e. The molecule has 0 saturated heterocycles. The van der Waals surface area contributed by atoms with E-state index in [-0.39, 0.29) is 0 Å². The molecule has 0 aromatic carbocycles. The first-order valence-electron chi connectivity index (χ1n) is 2.94. The number of esters is 1. The first-order chi connectivity index (χ1) is 4.45. The van der Waals surface area contributed by atoms with Crippen molar-refractivity contribution in [3.63, 3.8) is 0 Å². The van der Waals surface area contributed by atoms with E-state index in [1.54, 1.807) is 20.8 Å². The fourth-order valence-electron chi connectivity index (χ4n) is 0.424. The van der Waals surface area contributed by atoms with Gasteiger partial charge < -0.3 is 4.74 Å². The Hall–Kier alpha value is -0.610. The van der Waals surface area contributed by atoms with Gasteiger partial charge in [0.2, 0.25) is 0 Å². The van der Waals surface area contributed by atoms with Crippen molar-refractivity contribution in [3.8, 4) is 0 Å². The molecular weight excluding hydrogens is 134 g/mol. The molecule has 0 atom stereocenters. The highest BCUT2D eigenvalue weighted by molar-refractivity contribution is 5.71. The first-order valence-corrected chi connectivity index (χ1v) is 2.94. The smallest absolute Gasteiger partial charge is 0.334 e. The van der Waals surface area contributed by atoms with Crippen LogP contribution in [0.2, 0.25) is 0 Å². The minimum absolute atomic E-state index is 0.419. The Labute approximate surface area is 60.2 Å². The summed E-state index contributed by atoms with van der Waals surface area (Å²) >= 11 is 0. The van der Waals surface area contributed by atoms with Crippen molar-refractivity contribution in [2.45, 2.75) is 26.4 Å². The van der Waals surface area contributed by atoms with Crippen molar-refractivity contribution < 1.29 is 14.4 Å². The number of ether oxygens (including phenoxy) is 1. The van der Waals surface area contributed by atoms with Crippen LogP contribution < -0.4 is 5.90 Å². The molecule has 0 saturated carbocycles. The predicted molar refractivity (Wildman–Crippen MR) is 33.9 cm³/mol. The Morgan fingerprint density at radius 1 is 1.50 bits per heavy atom. The van der Waals surface area contributed by atoms with E-state index >= 15 is 0 Å². The molecule has 0 N–H and O–H groups in total. The molecule has 0 amide bonds. The monoisotopic (exact) mass is 145 g/mol. The molecule has 0 spiro atoms. The number of carbonyl (C=O) groups excluding carboxylic acids is 1. The van der Waals surface area contributed by atoms with Crippen LogP contribution in [0.15, 0.2) is 0 Å². The van der Waals surface area contributed by atoms with Crippen molar-refractivity contribution in [2.75, 3.05) is 6.61 Å². The molecule has 0 aromatic heterocycles. The number of nitrogens with zero attached hydrogens (tertiary/aromatic N) is 1. The van der Waals surface area contributed by atoms with Crippen LogP contribution in [0.5, 0.6) is 0 Å². The van der Waals surface area contributed by atoms with Crippen LogP contribution in [0.25, 0.3) is 0 Å². The molecule has 0 aromatic rings.